The van der Waals surface area contributed by atoms with E-state index in [9.17, 15) is 9.90 Å². The largest absolute Gasteiger partial charge is 0.388 e. The number of ether oxygens (including phenoxy) is 1. The third-order valence-corrected chi connectivity index (χ3v) is 6.58. The molecule has 26 heavy (non-hydrogen) atoms. The van der Waals surface area contributed by atoms with E-state index in [1.54, 1.807) is 11.3 Å². The van der Waals surface area contributed by atoms with E-state index in [1.807, 2.05) is 36.6 Å². The molecule has 3 N–H and O–H groups in total. The van der Waals surface area contributed by atoms with Crippen LogP contribution in [-0.4, -0.2) is 48.0 Å². The van der Waals surface area contributed by atoms with E-state index in [2.05, 4.69) is 10.6 Å². The molecular weight excluding hydrogens is 372 g/mol. The molecule has 7 heteroatoms. The first kappa shape index (κ1) is 19.6. The molecule has 1 aromatic carbocycles. The second-order valence-corrected chi connectivity index (χ2v) is 8.36. The van der Waals surface area contributed by atoms with Gasteiger partial charge in [0.05, 0.1) is 23.3 Å². The van der Waals surface area contributed by atoms with Crippen LogP contribution in [0.1, 0.15) is 36.5 Å². The molecule has 2 aromatic rings. The fraction of sp³-hybridized carbons (Fsp3) is 0.526. The lowest BCUT2D eigenvalue weighted by atomic mass is 9.75. The van der Waals surface area contributed by atoms with Crippen molar-refractivity contribution >= 4 is 39.7 Å². The number of halogens is 1. The maximum absolute atomic E-state index is 12.9. The minimum atomic E-state index is -0.707. The van der Waals surface area contributed by atoms with Gasteiger partial charge in [0.2, 0.25) is 0 Å². The van der Waals surface area contributed by atoms with Crippen molar-refractivity contribution in [2.45, 2.75) is 43.4 Å². The molecule has 0 aliphatic carbocycles. The zero-order chi connectivity index (χ0) is 17.5. The monoisotopic (exact) mass is 396 g/mol. The van der Waals surface area contributed by atoms with Gasteiger partial charge in [0, 0.05) is 21.9 Å². The Hall–Kier alpha value is -1.18. The van der Waals surface area contributed by atoms with E-state index in [-0.39, 0.29) is 30.5 Å². The van der Waals surface area contributed by atoms with Crippen molar-refractivity contribution in [1.82, 2.24) is 10.6 Å². The summed E-state index contributed by atoms with van der Waals surface area (Å²) in [6, 6.07) is 7.91. The summed E-state index contributed by atoms with van der Waals surface area (Å²) in [5.74, 6) is -0.120. The lowest BCUT2D eigenvalue weighted by Gasteiger charge is -2.50. The van der Waals surface area contributed by atoms with Crippen LogP contribution in [0.15, 0.2) is 29.6 Å². The van der Waals surface area contributed by atoms with Crippen molar-refractivity contribution in [1.29, 1.82) is 0 Å². The number of nitrogens with one attached hydrogen (secondary N) is 2. The first-order valence-corrected chi connectivity index (χ1v) is 9.71. The molecule has 142 valence electrons. The lowest BCUT2D eigenvalue weighted by Crippen LogP contribution is -2.65. The van der Waals surface area contributed by atoms with Crippen molar-refractivity contribution in [2.75, 3.05) is 19.7 Å². The van der Waals surface area contributed by atoms with Gasteiger partial charge >= 0.3 is 0 Å². The predicted octanol–water partition coefficient (Wildman–Crippen LogP) is 2.72. The first-order valence-electron chi connectivity index (χ1n) is 8.83. The van der Waals surface area contributed by atoms with Gasteiger partial charge in [0.1, 0.15) is 6.10 Å². The molecule has 2 fully saturated rings. The van der Waals surface area contributed by atoms with Crippen LogP contribution < -0.4 is 10.6 Å². The number of carbonyl (C=O) groups excluding carboxylic acids is 1. The minimum absolute atomic E-state index is 0. The smallest absolute Gasteiger partial charge is 0.253 e. The number of hydrogen-bond donors (Lipinski definition) is 3. The van der Waals surface area contributed by atoms with Gasteiger partial charge in [-0.05, 0) is 38.9 Å². The van der Waals surface area contributed by atoms with Crippen LogP contribution in [0.4, 0.5) is 0 Å². The van der Waals surface area contributed by atoms with Crippen LogP contribution in [0, 0.1) is 0 Å². The number of fused-ring (bicyclic) bond motifs is 1. The minimum Gasteiger partial charge on any atom is -0.388 e. The van der Waals surface area contributed by atoms with Crippen molar-refractivity contribution in [3.63, 3.8) is 0 Å². The molecule has 2 aliphatic heterocycles. The Bertz CT molecular complexity index is 790. The Morgan fingerprint density at radius 2 is 2.08 bits per heavy atom. The summed E-state index contributed by atoms with van der Waals surface area (Å²) in [5, 5.41) is 19.9. The average Bonchev–Trinajstić information content (AvgIpc) is 3.03. The maximum Gasteiger partial charge on any atom is 0.253 e. The highest BCUT2D eigenvalue weighted by atomic mass is 35.5. The molecule has 0 bridgehead atoms. The fourth-order valence-corrected chi connectivity index (χ4v) is 5.03. The average molecular weight is 397 g/mol. The van der Waals surface area contributed by atoms with Crippen molar-refractivity contribution in [3.05, 3.63) is 35.2 Å². The molecule has 4 rings (SSSR count). The second kappa shape index (κ2) is 7.44. The van der Waals surface area contributed by atoms with Gasteiger partial charge in [-0.1, -0.05) is 18.2 Å². The van der Waals surface area contributed by atoms with E-state index in [1.165, 1.54) is 0 Å². The third-order valence-electron chi connectivity index (χ3n) is 5.61. The van der Waals surface area contributed by atoms with Gasteiger partial charge in [-0.3, -0.25) is 4.79 Å². The van der Waals surface area contributed by atoms with E-state index < -0.39 is 11.6 Å². The van der Waals surface area contributed by atoms with Gasteiger partial charge in [-0.25, -0.2) is 0 Å². The Balaban J connectivity index is 0.00000196. The number of aliphatic hydroxyl groups is 1. The van der Waals surface area contributed by atoms with Crippen LogP contribution in [0.5, 0.6) is 0 Å². The lowest BCUT2D eigenvalue weighted by molar-refractivity contribution is -0.169. The van der Waals surface area contributed by atoms with Crippen LogP contribution in [-0.2, 0) is 4.74 Å². The molecule has 2 atom stereocenters. The fourth-order valence-electron chi connectivity index (χ4n) is 4.09. The molecule has 0 radical (unpaired) electrons. The van der Waals surface area contributed by atoms with E-state index >= 15 is 0 Å². The Morgan fingerprint density at radius 3 is 2.85 bits per heavy atom. The number of hydrogen-bond acceptors (Lipinski definition) is 5. The molecular formula is C19H25ClN2O3S. The third kappa shape index (κ3) is 3.49. The van der Waals surface area contributed by atoms with Crippen LogP contribution in [0.25, 0.3) is 10.1 Å². The normalized spacial score (nSPS) is 27.8. The summed E-state index contributed by atoms with van der Waals surface area (Å²) in [6.07, 6.45) is 1.75. The molecule has 1 aromatic heterocycles. The summed E-state index contributed by atoms with van der Waals surface area (Å²) in [6.45, 7) is 4.03. The van der Waals surface area contributed by atoms with Crippen LogP contribution in [0.3, 0.4) is 0 Å². The highest BCUT2D eigenvalue weighted by Crippen LogP contribution is 2.38. The Morgan fingerprint density at radius 1 is 1.35 bits per heavy atom. The standard InChI is InChI=1S/C19H24N2O3S.ClH/c1-18(12-19(24-10-16(18)22)6-8-20-9-7-19)21-17(23)14-11-25-15-5-3-2-4-13(14)15;/h2-5,11,16,20,22H,6-10,12H2,1H3,(H,21,23);1H/t16-,18-;/m0./s1. The number of carbonyl (C=O) groups is 1. The number of thiophene rings is 1. The predicted molar refractivity (Wildman–Crippen MR) is 106 cm³/mol. The van der Waals surface area contributed by atoms with Gasteiger partial charge in [-0.2, -0.15) is 0 Å². The molecule has 1 spiro atoms. The zero-order valence-electron chi connectivity index (χ0n) is 14.8. The first-order chi connectivity index (χ1) is 12.0. The molecule has 0 saturated carbocycles. The number of piperidine rings is 1. The SMILES string of the molecule is C[C@]1(NC(=O)c2csc3ccccc23)CC2(CCNCC2)OC[C@@H]1O.Cl. The Labute approximate surface area is 163 Å². The van der Waals surface area contributed by atoms with Crippen LogP contribution >= 0.6 is 23.7 Å². The number of benzene rings is 1. The molecule has 1 amide bonds. The number of rotatable bonds is 2. The van der Waals surface area contributed by atoms with E-state index in [4.69, 9.17) is 4.74 Å². The highest BCUT2D eigenvalue weighted by molar-refractivity contribution is 7.17. The van der Waals surface area contributed by atoms with Gasteiger partial charge in [0.25, 0.3) is 5.91 Å². The van der Waals surface area contributed by atoms with Gasteiger partial charge in [0.15, 0.2) is 0 Å². The van der Waals surface area contributed by atoms with Crippen molar-refractivity contribution in [3.8, 4) is 0 Å². The van der Waals surface area contributed by atoms with Crippen molar-refractivity contribution < 1.29 is 14.6 Å². The number of amides is 1. The zero-order valence-corrected chi connectivity index (χ0v) is 16.4. The topological polar surface area (TPSA) is 70.6 Å². The number of aliphatic hydroxyl groups excluding tert-OH is 1. The summed E-state index contributed by atoms with van der Waals surface area (Å²) in [5.41, 5.74) is -0.251. The maximum atomic E-state index is 12.9. The van der Waals surface area contributed by atoms with Crippen molar-refractivity contribution in [2.24, 2.45) is 0 Å². The molecule has 2 saturated heterocycles. The molecule has 5 nitrogen and oxygen atoms in total. The molecule has 0 unspecified atom stereocenters. The van der Waals surface area contributed by atoms with E-state index in [0.717, 1.165) is 36.0 Å². The van der Waals surface area contributed by atoms with Gasteiger partial charge < -0.3 is 20.5 Å². The molecule has 3 heterocycles. The van der Waals surface area contributed by atoms with E-state index in [0.29, 0.717) is 12.0 Å². The summed E-state index contributed by atoms with van der Waals surface area (Å²) in [7, 11) is 0. The summed E-state index contributed by atoms with van der Waals surface area (Å²) >= 11 is 1.57. The van der Waals surface area contributed by atoms with Gasteiger partial charge in [-0.15, -0.1) is 23.7 Å². The highest BCUT2D eigenvalue weighted by Gasteiger charge is 2.49. The quantitative estimate of drug-likeness (QED) is 0.730. The second-order valence-electron chi connectivity index (χ2n) is 7.45. The summed E-state index contributed by atoms with van der Waals surface area (Å²) in [4.78, 5) is 12.9. The Kier molecular flexibility index (Phi) is 5.61. The van der Waals surface area contributed by atoms with Crippen LogP contribution in [0.2, 0.25) is 0 Å². The molecule has 2 aliphatic rings. The summed E-state index contributed by atoms with van der Waals surface area (Å²) < 4.78 is 7.11.